The first-order valence-electron chi connectivity index (χ1n) is 6.03. The minimum atomic E-state index is -0.749. The Bertz CT molecular complexity index is 319. The number of nitrogens with zero attached hydrogens (tertiary/aromatic N) is 1. The zero-order valence-electron chi connectivity index (χ0n) is 10.7. The van der Waals surface area contributed by atoms with E-state index in [1.807, 2.05) is 0 Å². The molecule has 1 aliphatic carbocycles. The van der Waals surface area contributed by atoms with E-state index >= 15 is 0 Å². The van der Waals surface area contributed by atoms with E-state index in [4.69, 9.17) is 5.73 Å². The SMILES string of the molecule is C=C1CC(C)(CC)CC1(CN)CCO[N+](=O)[O-]. The maximum absolute atomic E-state index is 10.2. The quantitative estimate of drug-likeness (QED) is 0.440. The zero-order chi connectivity index (χ0) is 13.1. The lowest BCUT2D eigenvalue weighted by atomic mass is 9.76. The first-order valence-corrected chi connectivity index (χ1v) is 6.03. The van der Waals surface area contributed by atoms with Gasteiger partial charge in [0.25, 0.3) is 5.09 Å². The summed E-state index contributed by atoms with van der Waals surface area (Å²) in [4.78, 5) is 14.6. The molecular formula is C12H22N2O3. The maximum Gasteiger partial charge on any atom is 0.294 e. The topological polar surface area (TPSA) is 78.4 Å². The van der Waals surface area contributed by atoms with Crippen LogP contribution >= 0.6 is 0 Å². The van der Waals surface area contributed by atoms with Crippen molar-refractivity contribution in [1.82, 2.24) is 0 Å². The summed E-state index contributed by atoms with van der Waals surface area (Å²) in [6, 6.07) is 0. The van der Waals surface area contributed by atoms with Gasteiger partial charge in [-0.05, 0) is 24.7 Å². The molecule has 0 heterocycles. The summed E-state index contributed by atoms with van der Waals surface area (Å²) in [5.41, 5.74) is 7.03. The van der Waals surface area contributed by atoms with Crippen molar-refractivity contribution in [2.45, 2.75) is 39.5 Å². The summed E-state index contributed by atoms with van der Waals surface area (Å²) in [5.74, 6) is 0. The van der Waals surface area contributed by atoms with Crippen LogP contribution in [-0.2, 0) is 4.84 Å². The van der Waals surface area contributed by atoms with Crippen LogP contribution in [0, 0.1) is 20.9 Å². The number of hydrogen-bond donors (Lipinski definition) is 1. The van der Waals surface area contributed by atoms with Gasteiger partial charge in [-0.3, -0.25) is 0 Å². The minimum Gasteiger partial charge on any atom is -0.330 e. The molecule has 0 amide bonds. The van der Waals surface area contributed by atoms with Gasteiger partial charge in [-0.25, -0.2) is 0 Å². The third-order valence-electron chi connectivity index (χ3n) is 4.18. The normalized spacial score (nSPS) is 32.8. The molecule has 0 aromatic rings. The smallest absolute Gasteiger partial charge is 0.294 e. The maximum atomic E-state index is 10.2. The van der Waals surface area contributed by atoms with E-state index in [1.54, 1.807) is 0 Å². The fourth-order valence-electron chi connectivity index (χ4n) is 2.86. The van der Waals surface area contributed by atoms with E-state index in [1.165, 1.54) is 0 Å². The Morgan fingerprint density at radius 2 is 2.29 bits per heavy atom. The highest BCUT2D eigenvalue weighted by Crippen LogP contribution is 2.55. The Labute approximate surface area is 102 Å². The molecule has 0 bridgehead atoms. The molecule has 5 nitrogen and oxygen atoms in total. The van der Waals surface area contributed by atoms with Crippen molar-refractivity contribution < 1.29 is 9.92 Å². The Morgan fingerprint density at radius 3 is 2.71 bits per heavy atom. The molecule has 2 N–H and O–H groups in total. The van der Waals surface area contributed by atoms with E-state index in [-0.39, 0.29) is 17.4 Å². The Morgan fingerprint density at radius 1 is 1.65 bits per heavy atom. The van der Waals surface area contributed by atoms with Gasteiger partial charge < -0.3 is 10.6 Å². The zero-order valence-corrected chi connectivity index (χ0v) is 10.7. The van der Waals surface area contributed by atoms with Crippen molar-refractivity contribution in [2.24, 2.45) is 16.6 Å². The molecule has 2 unspecified atom stereocenters. The van der Waals surface area contributed by atoms with E-state index in [0.717, 1.165) is 24.8 Å². The molecular weight excluding hydrogens is 220 g/mol. The second-order valence-corrected chi connectivity index (χ2v) is 5.41. The van der Waals surface area contributed by atoms with Crippen LogP contribution < -0.4 is 5.73 Å². The molecule has 0 aromatic carbocycles. The summed E-state index contributed by atoms with van der Waals surface area (Å²) in [6.07, 6.45) is 3.56. The molecule has 1 saturated carbocycles. The number of rotatable bonds is 6. The largest absolute Gasteiger partial charge is 0.330 e. The minimum absolute atomic E-state index is 0.100. The third-order valence-corrected chi connectivity index (χ3v) is 4.18. The lowest BCUT2D eigenvalue weighted by Crippen LogP contribution is -2.32. The van der Waals surface area contributed by atoms with Crippen molar-refractivity contribution in [3.05, 3.63) is 22.3 Å². The van der Waals surface area contributed by atoms with Gasteiger partial charge in [0, 0.05) is 12.0 Å². The summed E-state index contributed by atoms with van der Waals surface area (Å²) >= 11 is 0. The second-order valence-electron chi connectivity index (χ2n) is 5.41. The Hall–Kier alpha value is -1.10. The standard InChI is InChI=1S/C12H22N2O3/c1-4-11(3)7-10(2)12(8-11,9-13)5-6-17-14(15)16/h2,4-9,13H2,1,3H3. The van der Waals surface area contributed by atoms with Crippen LogP contribution in [0.4, 0.5) is 0 Å². The van der Waals surface area contributed by atoms with E-state index in [9.17, 15) is 10.1 Å². The predicted molar refractivity (Wildman–Crippen MR) is 65.8 cm³/mol. The molecule has 0 aliphatic heterocycles. The fourth-order valence-corrected chi connectivity index (χ4v) is 2.86. The number of nitrogens with two attached hydrogens (primary N) is 1. The molecule has 2 atom stereocenters. The van der Waals surface area contributed by atoms with Crippen molar-refractivity contribution in [3.63, 3.8) is 0 Å². The highest BCUT2D eigenvalue weighted by atomic mass is 16.9. The average Bonchev–Trinajstić information content (AvgIpc) is 2.51. The molecule has 1 aliphatic rings. The average molecular weight is 242 g/mol. The van der Waals surface area contributed by atoms with Gasteiger partial charge in [-0.2, -0.15) is 0 Å². The van der Waals surface area contributed by atoms with E-state index in [2.05, 4.69) is 25.3 Å². The van der Waals surface area contributed by atoms with Crippen molar-refractivity contribution >= 4 is 0 Å². The second kappa shape index (κ2) is 5.04. The fraction of sp³-hybridized carbons (Fsp3) is 0.833. The molecule has 0 radical (unpaired) electrons. The predicted octanol–water partition coefficient (Wildman–Crippen LogP) is 2.30. The van der Waals surface area contributed by atoms with Gasteiger partial charge in [0.1, 0.15) is 0 Å². The summed E-state index contributed by atoms with van der Waals surface area (Å²) in [6.45, 7) is 9.09. The van der Waals surface area contributed by atoms with Crippen LogP contribution in [0.2, 0.25) is 0 Å². The number of hydrogen-bond acceptors (Lipinski definition) is 4. The van der Waals surface area contributed by atoms with Crippen LogP contribution in [-0.4, -0.2) is 18.2 Å². The van der Waals surface area contributed by atoms with Gasteiger partial charge in [-0.1, -0.05) is 32.4 Å². The van der Waals surface area contributed by atoms with Crippen molar-refractivity contribution in [3.8, 4) is 0 Å². The molecule has 17 heavy (non-hydrogen) atoms. The van der Waals surface area contributed by atoms with Crippen LogP contribution in [0.25, 0.3) is 0 Å². The van der Waals surface area contributed by atoms with Crippen molar-refractivity contribution in [1.29, 1.82) is 0 Å². The molecule has 0 spiro atoms. The Kier molecular flexibility index (Phi) is 4.14. The first kappa shape index (κ1) is 14.0. The van der Waals surface area contributed by atoms with Crippen LogP contribution in [0.5, 0.6) is 0 Å². The molecule has 0 saturated heterocycles. The van der Waals surface area contributed by atoms with E-state index < -0.39 is 5.09 Å². The molecule has 1 rings (SSSR count). The molecule has 98 valence electrons. The molecule has 1 fully saturated rings. The highest BCUT2D eigenvalue weighted by Gasteiger charge is 2.46. The van der Waals surface area contributed by atoms with Gasteiger partial charge in [-0.15, -0.1) is 10.1 Å². The van der Waals surface area contributed by atoms with Gasteiger partial charge >= 0.3 is 0 Å². The van der Waals surface area contributed by atoms with Gasteiger partial charge in [0.05, 0.1) is 6.61 Å². The Balaban J connectivity index is 2.69. The van der Waals surface area contributed by atoms with Gasteiger partial charge in [0.15, 0.2) is 0 Å². The van der Waals surface area contributed by atoms with Crippen LogP contribution in [0.1, 0.15) is 39.5 Å². The van der Waals surface area contributed by atoms with Crippen molar-refractivity contribution in [2.75, 3.05) is 13.2 Å². The molecule has 5 heteroatoms. The van der Waals surface area contributed by atoms with E-state index in [0.29, 0.717) is 13.0 Å². The summed E-state index contributed by atoms with van der Waals surface area (Å²) < 4.78 is 0. The van der Waals surface area contributed by atoms with Crippen LogP contribution in [0.15, 0.2) is 12.2 Å². The molecule has 0 aromatic heterocycles. The summed E-state index contributed by atoms with van der Waals surface area (Å²) in [5, 5.41) is 9.41. The first-order chi connectivity index (χ1) is 7.87. The monoisotopic (exact) mass is 242 g/mol. The highest BCUT2D eigenvalue weighted by molar-refractivity contribution is 5.21. The summed E-state index contributed by atoms with van der Waals surface area (Å²) in [7, 11) is 0. The lowest BCUT2D eigenvalue weighted by Gasteiger charge is -2.30. The third kappa shape index (κ3) is 2.97. The lowest BCUT2D eigenvalue weighted by molar-refractivity contribution is -0.758. The van der Waals surface area contributed by atoms with Gasteiger partial charge in [0.2, 0.25) is 0 Å². The van der Waals surface area contributed by atoms with Crippen LogP contribution in [0.3, 0.4) is 0 Å².